The molecule has 0 N–H and O–H groups in total. The van der Waals surface area contributed by atoms with E-state index < -0.39 is 6.10 Å². The summed E-state index contributed by atoms with van der Waals surface area (Å²) in [6.07, 6.45) is 43.8. The fourth-order valence-electron chi connectivity index (χ4n) is 7.60. The number of hydrogen-bond acceptors (Lipinski definition) is 6. The quantitative estimate of drug-likeness (QED) is 0.0346. The van der Waals surface area contributed by atoms with Crippen LogP contribution in [0.1, 0.15) is 279 Å². The molecule has 0 heterocycles. The minimum atomic E-state index is -0.760. The SMILES string of the molecule is CCCCCCCCCC(=O)OC[C@@H](COC(=O)CCCCCCCCCCCCCCCCCC(C)C)OC(=O)CCCCCCCCCCCCC(C)CC. The molecule has 0 radical (unpaired) electrons. The molecule has 0 amide bonds. The first-order chi connectivity index (χ1) is 27.8. The van der Waals surface area contributed by atoms with Crippen molar-refractivity contribution in [1.82, 2.24) is 0 Å². The molecule has 0 aliphatic rings. The van der Waals surface area contributed by atoms with Gasteiger partial charge < -0.3 is 14.2 Å². The van der Waals surface area contributed by atoms with Crippen LogP contribution in [0.4, 0.5) is 0 Å². The van der Waals surface area contributed by atoms with Gasteiger partial charge in [0.05, 0.1) is 0 Å². The number of unbranched alkanes of at least 4 members (excludes halogenated alkanes) is 29. The molecule has 0 saturated heterocycles. The lowest BCUT2D eigenvalue weighted by molar-refractivity contribution is -0.167. The minimum Gasteiger partial charge on any atom is -0.462 e. The maximum atomic E-state index is 12.7. The van der Waals surface area contributed by atoms with E-state index in [1.54, 1.807) is 0 Å². The smallest absolute Gasteiger partial charge is 0.306 e. The van der Waals surface area contributed by atoms with Crippen molar-refractivity contribution >= 4 is 17.9 Å². The molecule has 0 bridgehead atoms. The molecule has 0 aliphatic heterocycles. The van der Waals surface area contributed by atoms with Gasteiger partial charge >= 0.3 is 17.9 Å². The zero-order valence-corrected chi connectivity index (χ0v) is 39.0. The molecule has 57 heavy (non-hydrogen) atoms. The predicted molar refractivity (Wildman–Crippen MR) is 243 cm³/mol. The molecule has 338 valence electrons. The molecule has 6 nitrogen and oxygen atoms in total. The fourth-order valence-corrected chi connectivity index (χ4v) is 7.60. The molecule has 2 atom stereocenters. The van der Waals surface area contributed by atoms with Crippen LogP contribution in [0.5, 0.6) is 0 Å². The minimum absolute atomic E-state index is 0.0643. The van der Waals surface area contributed by atoms with Gasteiger partial charge in [-0.2, -0.15) is 0 Å². The van der Waals surface area contributed by atoms with Gasteiger partial charge in [-0.1, -0.05) is 240 Å². The summed E-state index contributed by atoms with van der Waals surface area (Å²) in [6, 6.07) is 0. The van der Waals surface area contributed by atoms with E-state index in [0.29, 0.717) is 19.3 Å². The van der Waals surface area contributed by atoms with E-state index in [4.69, 9.17) is 14.2 Å². The molecule has 0 rings (SSSR count). The average Bonchev–Trinajstić information content (AvgIpc) is 3.19. The lowest BCUT2D eigenvalue weighted by Gasteiger charge is -2.18. The van der Waals surface area contributed by atoms with Crippen molar-refractivity contribution in [2.24, 2.45) is 11.8 Å². The van der Waals surface area contributed by atoms with Crippen LogP contribution in [0.15, 0.2) is 0 Å². The number of hydrogen-bond donors (Lipinski definition) is 0. The molecule has 0 saturated carbocycles. The normalized spacial score (nSPS) is 12.5. The summed E-state index contributed by atoms with van der Waals surface area (Å²) in [5.41, 5.74) is 0. The van der Waals surface area contributed by atoms with E-state index in [-0.39, 0.29) is 31.1 Å². The molecule has 0 fully saturated rings. The Bertz CT molecular complexity index is 872. The Balaban J connectivity index is 4.20. The van der Waals surface area contributed by atoms with Gasteiger partial charge in [0.2, 0.25) is 0 Å². The van der Waals surface area contributed by atoms with Gasteiger partial charge in [0, 0.05) is 19.3 Å². The van der Waals surface area contributed by atoms with Crippen molar-refractivity contribution in [3.8, 4) is 0 Å². The second kappa shape index (κ2) is 44.0. The Morgan fingerprint density at radius 3 is 1.00 bits per heavy atom. The van der Waals surface area contributed by atoms with Crippen LogP contribution in [0.25, 0.3) is 0 Å². The summed E-state index contributed by atoms with van der Waals surface area (Å²) in [5.74, 6) is 0.860. The molecule has 0 aromatic heterocycles. The van der Waals surface area contributed by atoms with E-state index in [9.17, 15) is 14.4 Å². The third kappa shape index (κ3) is 43.8. The molecule has 0 aromatic rings. The number of carbonyl (C=O) groups excluding carboxylic acids is 3. The van der Waals surface area contributed by atoms with E-state index in [0.717, 1.165) is 69.6 Å². The molecular weight excluding hydrogens is 709 g/mol. The predicted octanol–water partition coefficient (Wildman–Crippen LogP) is 16.1. The largest absolute Gasteiger partial charge is 0.462 e. The summed E-state index contributed by atoms with van der Waals surface area (Å²) in [5, 5.41) is 0. The summed E-state index contributed by atoms with van der Waals surface area (Å²) in [6.45, 7) is 11.4. The summed E-state index contributed by atoms with van der Waals surface area (Å²) < 4.78 is 16.7. The van der Waals surface area contributed by atoms with Crippen molar-refractivity contribution < 1.29 is 28.6 Å². The van der Waals surface area contributed by atoms with Crippen LogP contribution >= 0.6 is 0 Å². The highest BCUT2D eigenvalue weighted by Crippen LogP contribution is 2.18. The van der Waals surface area contributed by atoms with Gasteiger partial charge in [-0.15, -0.1) is 0 Å². The van der Waals surface area contributed by atoms with Crippen molar-refractivity contribution in [3.63, 3.8) is 0 Å². The lowest BCUT2D eigenvalue weighted by Crippen LogP contribution is -2.30. The molecule has 1 unspecified atom stereocenters. The van der Waals surface area contributed by atoms with Gasteiger partial charge in [0.1, 0.15) is 13.2 Å². The third-order valence-electron chi connectivity index (χ3n) is 11.8. The summed E-state index contributed by atoms with van der Waals surface area (Å²) in [7, 11) is 0. The fraction of sp³-hybridized carbons (Fsp3) is 0.941. The first kappa shape index (κ1) is 55.4. The van der Waals surface area contributed by atoms with Crippen LogP contribution in [0, 0.1) is 11.8 Å². The molecule has 0 spiro atoms. The van der Waals surface area contributed by atoms with Crippen molar-refractivity contribution in [3.05, 3.63) is 0 Å². The number of ether oxygens (including phenoxy) is 3. The van der Waals surface area contributed by atoms with Crippen molar-refractivity contribution in [2.75, 3.05) is 13.2 Å². The van der Waals surface area contributed by atoms with E-state index in [2.05, 4.69) is 34.6 Å². The van der Waals surface area contributed by atoms with Crippen LogP contribution < -0.4 is 0 Å². The zero-order valence-electron chi connectivity index (χ0n) is 39.0. The second-order valence-corrected chi connectivity index (χ2v) is 18.2. The van der Waals surface area contributed by atoms with Crippen molar-refractivity contribution in [2.45, 2.75) is 285 Å². The topological polar surface area (TPSA) is 78.9 Å². The van der Waals surface area contributed by atoms with E-state index in [1.807, 2.05) is 0 Å². The van der Waals surface area contributed by atoms with E-state index in [1.165, 1.54) is 167 Å². The number of carbonyl (C=O) groups is 3. The Kier molecular flexibility index (Phi) is 42.7. The summed E-state index contributed by atoms with van der Waals surface area (Å²) in [4.78, 5) is 37.7. The highest BCUT2D eigenvalue weighted by molar-refractivity contribution is 5.71. The van der Waals surface area contributed by atoms with Crippen LogP contribution in [-0.2, 0) is 28.6 Å². The van der Waals surface area contributed by atoms with Crippen LogP contribution in [0.2, 0.25) is 0 Å². The van der Waals surface area contributed by atoms with Crippen LogP contribution in [0.3, 0.4) is 0 Å². The molecule has 6 heteroatoms. The highest BCUT2D eigenvalue weighted by atomic mass is 16.6. The highest BCUT2D eigenvalue weighted by Gasteiger charge is 2.19. The van der Waals surface area contributed by atoms with Gasteiger partial charge in [0.25, 0.3) is 0 Å². The number of esters is 3. The number of rotatable bonds is 45. The zero-order chi connectivity index (χ0) is 41.9. The second-order valence-electron chi connectivity index (χ2n) is 18.2. The molecule has 0 aromatic carbocycles. The lowest BCUT2D eigenvalue weighted by atomic mass is 9.99. The summed E-state index contributed by atoms with van der Waals surface area (Å²) >= 11 is 0. The third-order valence-corrected chi connectivity index (χ3v) is 11.8. The van der Waals surface area contributed by atoms with Gasteiger partial charge in [-0.3, -0.25) is 14.4 Å². The van der Waals surface area contributed by atoms with E-state index >= 15 is 0 Å². The maximum Gasteiger partial charge on any atom is 0.306 e. The Labute approximate surface area is 355 Å². The van der Waals surface area contributed by atoms with Gasteiger partial charge in [-0.05, 0) is 31.1 Å². The Morgan fingerprint density at radius 1 is 0.368 bits per heavy atom. The van der Waals surface area contributed by atoms with Gasteiger partial charge in [0.15, 0.2) is 6.10 Å². The average molecular weight is 807 g/mol. The first-order valence-corrected chi connectivity index (χ1v) is 25.3. The van der Waals surface area contributed by atoms with Crippen molar-refractivity contribution in [1.29, 1.82) is 0 Å². The Morgan fingerprint density at radius 2 is 0.667 bits per heavy atom. The Hall–Kier alpha value is -1.59. The standard InChI is InChI=1S/C51H98O6/c1-6-8-9-10-24-31-36-41-49(52)55-44-48(57-51(54)43-38-33-28-23-19-18-21-26-30-35-40-47(5)7-2)45-56-50(53)42-37-32-27-22-17-15-13-11-12-14-16-20-25-29-34-39-46(3)4/h46-48H,6-45H2,1-5H3/t47?,48-/m0/s1. The maximum absolute atomic E-state index is 12.7. The first-order valence-electron chi connectivity index (χ1n) is 25.3. The molecule has 0 aliphatic carbocycles. The van der Waals surface area contributed by atoms with Crippen LogP contribution in [-0.4, -0.2) is 37.2 Å². The van der Waals surface area contributed by atoms with Gasteiger partial charge in [-0.25, -0.2) is 0 Å². The molecular formula is C51H98O6. The monoisotopic (exact) mass is 807 g/mol.